The number of hydrogen-bond donors (Lipinski definition) is 0. The summed E-state index contributed by atoms with van der Waals surface area (Å²) in [6, 6.07) is 0. The molecule has 314 valence electrons. The Balaban J connectivity index is 7.58. The van der Waals surface area contributed by atoms with Crippen LogP contribution in [0, 0.1) is 0 Å². The molecule has 3 nitrogen and oxygen atoms in total. The highest BCUT2D eigenvalue weighted by Crippen LogP contribution is 2.68. The van der Waals surface area contributed by atoms with Gasteiger partial charge in [0.15, 0.2) is 0 Å². The van der Waals surface area contributed by atoms with Gasteiger partial charge in [-0.25, -0.2) is 0 Å². The first-order valence-electron chi connectivity index (χ1n) is 11.8. The quantitative estimate of drug-likeness (QED) is 0.102. The third kappa shape index (κ3) is 6.20. The smallest absolute Gasteiger partial charge is 0.373 e. The molecule has 0 atom stereocenters. The molecule has 0 aliphatic carbocycles. The van der Waals surface area contributed by atoms with Crippen LogP contribution in [-0.2, 0) is 13.3 Å². The molecule has 0 amide bonds. The zero-order valence-corrected chi connectivity index (χ0v) is 25.1. The molecule has 0 aromatic carbocycles. The molecular weight excluding hydrogens is 855 g/mol. The first-order chi connectivity index (χ1) is 22.1. The van der Waals surface area contributed by atoms with E-state index in [1.54, 1.807) is 0 Å². The topological polar surface area (TPSA) is 27.7 Å². The minimum atomic E-state index is -9.89. The van der Waals surface area contributed by atoms with E-state index >= 15 is 0 Å². The van der Waals surface area contributed by atoms with Crippen LogP contribution in [0.25, 0.3) is 0 Å². The highest BCUT2D eigenvalue weighted by Gasteiger charge is 3.01. The minimum Gasteiger partial charge on any atom is -0.373 e. The van der Waals surface area contributed by atoms with Gasteiger partial charge in [0, 0.05) is 34.2 Å². The van der Waals surface area contributed by atoms with Crippen molar-refractivity contribution in [2.24, 2.45) is 0 Å². The van der Waals surface area contributed by atoms with E-state index in [4.69, 9.17) is 0 Å². The van der Waals surface area contributed by atoms with Crippen molar-refractivity contribution >= 4 is 8.80 Å². The lowest BCUT2D eigenvalue weighted by molar-refractivity contribution is -0.481. The van der Waals surface area contributed by atoms with Crippen LogP contribution in [0.3, 0.4) is 0 Å². The van der Waals surface area contributed by atoms with E-state index in [0.29, 0.717) is 0 Å². The summed E-state index contributed by atoms with van der Waals surface area (Å²) in [7, 11) is -7.85. The first-order valence-corrected chi connectivity index (χ1v) is 13.5. The molecule has 0 saturated heterocycles. The molecular formula is C19H13F29O3Si. The van der Waals surface area contributed by atoms with Gasteiger partial charge < -0.3 is 13.3 Å². The van der Waals surface area contributed by atoms with Crippen molar-refractivity contribution in [2.75, 3.05) is 21.3 Å². The average molecular weight is 868 g/mol. The van der Waals surface area contributed by atoms with Gasteiger partial charge >= 0.3 is 91.6 Å². The normalized spacial score (nSPS) is 16.8. The standard InChI is InChI=1S/C19H13F29O3Si/c1-49-52(50-2,51-3)19(47,48)18(45,46)17(43,44)16(41,42)15(39,40)14(37,38)13(35,36)12(33,34)11(31,32)10(29,30)9(27,28)8(25,26)6(20,21)4-5-7(22,23)24/h4-5H2,1-3H3. The molecule has 0 unspecified atom stereocenters. The van der Waals surface area contributed by atoms with Crippen LogP contribution in [-0.4, -0.2) is 113 Å². The Bertz CT molecular complexity index is 1240. The van der Waals surface area contributed by atoms with E-state index in [2.05, 4.69) is 13.3 Å². The Morgan fingerprint density at radius 3 is 0.673 bits per heavy atom. The van der Waals surface area contributed by atoms with Gasteiger partial charge in [0.05, 0.1) is 0 Å². The van der Waals surface area contributed by atoms with Gasteiger partial charge in [0.2, 0.25) is 0 Å². The summed E-state index contributed by atoms with van der Waals surface area (Å²) in [5.41, 5.74) is -7.35. The summed E-state index contributed by atoms with van der Waals surface area (Å²) in [6.07, 6.45) is -13.5. The maximum atomic E-state index is 14.3. The van der Waals surface area contributed by atoms with Gasteiger partial charge in [-0.15, -0.1) is 0 Å². The van der Waals surface area contributed by atoms with Crippen molar-refractivity contribution in [1.82, 2.24) is 0 Å². The number of hydrogen-bond acceptors (Lipinski definition) is 3. The average Bonchev–Trinajstić information content (AvgIpc) is 2.95. The lowest BCUT2D eigenvalue weighted by Gasteiger charge is -2.46. The van der Waals surface area contributed by atoms with Gasteiger partial charge in [-0.3, -0.25) is 0 Å². The fourth-order valence-corrected chi connectivity index (χ4v) is 5.29. The van der Waals surface area contributed by atoms with E-state index in [9.17, 15) is 127 Å². The molecule has 0 bridgehead atoms. The number of halogens is 29. The molecule has 0 rings (SSSR count). The molecule has 0 aromatic heterocycles. The van der Waals surface area contributed by atoms with Crippen LogP contribution in [0.4, 0.5) is 127 Å². The zero-order chi connectivity index (χ0) is 43.0. The fraction of sp³-hybridized carbons (Fsp3) is 1.00. The number of alkyl halides is 29. The lowest BCUT2D eigenvalue weighted by atomic mass is 9.83. The second-order valence-electron chi connectivity index (χ2n) is 9.88. The van der Waals surface area contributed by atoms with Gasteiger partial charge in [0.25, 0.3) is 0 Å². The Morgan fingerprint density at radius 1 is 0.288 bits per heavy atom. The molecule has 0 aromatic rings. The minimum absolute atomic E-state index is 0.260. The third-order valence-corrected chi connectivity index (χ3v) is 9.41. The lowest BCUT2D eigenvalue weighted by Crippen LogP contribution is -2.80. The van der Waals surface area contributed by atoms with Crippen molar-refractivity contribution in [2.45, 2.75) is 95.6 Å². The van der Waals surface area contributed by atoms with E-state index in [1.807, 2.05) is 0 Å². The predicted octanol–water partition coefficient (Wildman–Crippen LogP) is 10.0. The van der Waals surface area contributed by atoms with Crippen molar-refractivity contribution in [3.63, 3.8) is 0 Å². The Labute approximate surface area is 267 Å². The molecule has 33 heteroatoms. The Kier molecular flexibility index (Phi) is 12.6. The first kappa shape index (κ1) is 50.1. The van der Waals surface area contributed by atoms with Crippen LogP contribution in [0.2, 0.25) is 0 Å². The maximum Gasteiger partial charge on any atom is 0.581 e. The molecule has 0 radical (unpaired) electrons. The summed E-state index contributed by atoms with van der Waals surface area (Å²) >= 11 is 0. The molecule has 0 aliphatic heterocycles. The summed E-state index contributed by atoms with van der Waals surface area (Å²) in [4.78, 5) is 0. The van der Waals surface area contributed by atoms with Crippen molar-refractivity contribution in [3.05, 3.63) is 0 Å². The van der Waals surface area contributed by atoms with Crippen LogP contribution in [0.15, 0.2) is 0 Å². The highest BCUT2D eigenvalue weighted by molar-refractivity contribution is 6.63. The molecule has 0 N–H and O–H groups in total. The van der Waals surface area contributed by atoms with Crippen molar-refractivity contribution < 1.29 is 141 Å². The molecule has 0 aliphatic rings. The van der Waals surface area contributed by atoms with Crippen LogP contribution in [0.1, 0.15) is 12.8 Å². The van der Waals surface area contributed by atoms with Gasteiger partial charge in [-0.05, 0) is 0 Å². The van der Waals surface area contributed by atoms with Gasteiger partial charge in [0.1, 0.15) is 0 Å². The molecule has 0 saturated carbocycles. The highest BCUT2D eigenvalue weighted by atomic mass is 28.4. The largest absolute Gasteiger partial charge is 0.581 e. The van der Waals surface area contributed by atoms with Crippen LogP contribution in [0.5, 0.6) is 0 Å². The molecule has 52 heavy (non-hydrogen) atoms. The summed E-state index contributed by atoms with van der Waals surface area (Å²) in [5, 5.41) is 0. The Morgan fingerprint density at radius 2 is 0.481 bits per heavy atom. The van der Waals surface area contributed by atoms with E-state index in [-0.39, 0.29) is 21.3 Å². The molecule has 0 fully saturated rings. The summed E-state index contributed by atoms with van der Waals surface area (Å²) < 4.78 is 409. The predicted molar refractivity (Wildman–Crippen MR) is 106 cm³/mol. The van der Waals surface area contributed by atoms with E-state index in [0.717, 1.165) is 0 Å². The van der Waals surface area contributed by atoms with E-state index in [1.165, 1.54) is 0 Å². The van der Waals surface area contributed by atoms with Gasteiger partial charge in [-0.2, -0.15) is 127 Å². The van der Waals surface area contributed by atoms with E-state index < -0.39 is 104 Å². The van der Waals surface area contributed by atoms with Crippen LogP contribution >= 0.6 is 0 Å². The molecule has 0 heterocycles. The summed E-state index contributed by atoms with van der Waals surface area (Å²) in [5.74, 6) is -111. The number of rotatable bonds is 18. The third-order valence-electron chi connectivity index (χ3n) is 6.71. The Hall–Kier alpha value is -1.93. The maximum absolute atomic E-state index is 14.3. The SMILES string of the molecule is CO[Si](OC)(OC)C(F)(F)C(F)(F)C(F)(F)C(F)(F)C(F)(F)C(F)(F)C(F)(F)C(F)(F)C(F)(F)C(F)(F)C(F)(F)C(F)(F)C(F)(F)CCC(F)(F)F. The molecule has 0 spiro atoms. The van der Waals surface area contributed by atoms with Crippen molar-refractivity contribution in [1.29, 1.82) is 0 Å². The fourth-order valence-electron chi connectivity index (χ4n) is 3.48. The van der Waals surface area contributed by atoms with Crippen LogP contribution < -0.4 is 0 Å². The summed E-state index contributed by atoms with van der Waals surface area (Å²) in [6.45, 7) is 0. The zero-order valence-electron chi connectivity index (χ0n) is 24.1. The second kappa shape index (κ2) is 13.1. The second-order valence-corrected chi connectivity index (χ2v) is 12.8. The van der Waals surface area contributed by atoms with Gasteiger partial charge in [-0.1, -0.05) is 0 Å². The van der Waals surface area contributed by atoms with Crippen molar-refractivity contribution in [3.8, 4) is 0 Å². The monoisotopic (exact) mass is 868 g/mol.